The zero-order chi connectivity index (χ0) is 51.0. The second-order valence-corrected chi connectivity index (χ2v) is 26.8. The second-order valence-electron chi connectivity index (χ2n) is 25.7. The summed E-state index contributed by atoms with van der Waals surface area (Å²) in [6.45, 7) is 26.3. The maximum absolute atomic E-state index is 7.06. The van der Waals surface area contributed by atoms with Crippen molar-refractivity contribution in [2.75, 3.05) is 14.7 Å². The number of para-hydroxylation sites is 2. The van der Waals surface area contributed by atoms with Gasteiger partial charge in [-0.1, -0.05) is 173 Å². The molecule has 0 amide bonds. The number of hydrogen-bond donors (Lipinski definition) is 0. The molecule has 0 radical (unpaired) electrons. The van der Waals surface area contributed by atoms with Crippen molar-refractivity contribution < 1.29 is 4.42 Å². The molecule has 4 aliphatic rings. The van der Waals surface area contributed by atoms with E-state index in [9.17, 15) is 0 Å². The van der Waals surface area contributed by atoms with Crippen LogP contribution in [0.4, 0.5) is 45.5 Å². The van der Waals surface area contributed by atoms with Crippen molar-refractivity contribution in [1.82, 2.24) is 0 Å². The van der Waals surface area contributed by atoms with Crippen LogP contribution in [0, 0.1) is 0 Å². The maximum Gasteiger partial charge on any atom is 0.252 e. The van der Waals surface area contributed by atoms with Gasteiger partial charge in [-0.25, -0.2) is 0 Å². The lowest BCUT2D eigenvalue weighted by atomic mass is 9.33. The number of benzene rings is 8. The topological polar surface area (TPSA) is 22.9 Å². The summed E-state index contributed by atoms with van der Waals surface area (Å²) in [7, 11) is 0. The fourth-order valence-electron chi connectivity index (χ4n) is 14.0. The summed E-state index contributed by atoms with van der Waals surface area (Å²) in [4.78, 5) is 8.05. The zero-order valence-electron chi connectivity index (χ0n) is 45.0. The van der Waals surface area contributed by atoms with Crippen LogP contribution in [0.25, 0.3) is 42.1 Å². The van der Waals surface area contributed by atoms with Gasteiger partial charge in [0.2, 0.25) is 0 Å². The van der Waals surface area contributed by atoms with E-state index in [1.54, 1.807) is 0 Å². The van der Waals surface area contributed by atoms with Gasteiger partial charge in [0.05, 0.1) is 11.2 Å². The molecule has 74 heavy (non-hydrogen) atoms. The van der Waals surface area contributed by atoms with E-state index in [1.807, 2.05) is 11.3 Å². The van der Waals surface area contributed by atoms with Crippen molar-refractivity contribution in [3.8, 4) is 0 Å². The highest BCUT2D eigenvalue weighted by atomic mass is 32.1. The number of fused-ring (bicyclic) bond motifs is 13. The Morgan fingerprint density at radius 1 is 0.473 bits per heavy atom. The average molecular weight is 984 g/mol. The van der Waals surface area contributed by atoms with Gasteiger partial charge in [-0.15, -0.1) is 11.3 Å². The molecule has 14 rings (SSSR count). The van der Waals surface area contributed by atoms with Gasteiger partial charge in [0.15, 0.2) is 5.58 Å². The van der Waals surface area contributed by atoms with E-state index in [-0.39, 0.29) is 33.9 Å². The molecule has 8 aromatic carbocycles. The minimum Gasteiger partial charge on any atom is -0.454 e. The first-order valence-corrected chi connectivity index (χ1v) is 28.0. The van der Waals surface area contributed by atoms with Gasteiger partial charge in [0.1, 0.15) is 5.58 Å². The molecule has 2 atom stereocenters. The predicted octanol–water partition coefficient (Wildman–Crippen LogP) is 17.7. The molecule has 0 spiro atoms. The highest BCUT2D eigenvalue weighted by Crippen LogP contribution is 2.62. The summed E-state index contributed by atoms with van der Waals surface area (Å²) in [5, 5.41) is 4.90. The predicted molar refractivity (Wildman–Crippen MR) is 320 cm³/mol. The van der Waals surface area contributed by atoms with Crippen LogP contribution < -0.4 is 31.1 Å². The third kappa shape index (κ3) is 6.39. The van der Waals surface area contributed by atoms with Gasteiger partial charge >= 0.3 is 0 Å². The summed E-state index contributed by atoms with van der Waals surface area (Å²) < 4.78 is 9.68. The van der Waals surface area contributed by atoms with Crippen LogP contribution in [0.15, 0.2) is 156 Å². The number of rotatable bonds is 3. The van der Waals surface area contributed by atoms with E-state index in [0.29, 0.717) is 0 Å². The van der Waals surface area contributed by atoms with Crippen molar-refractivity contribution in [3.05, 3.63) is 174 Å². The van der Waals surface area contributed by atoms with Crippen molar-refractivity contribution >= 4 is 122 Å². The molecular formula is C68H66BN3OS. The minimum atomic E-state index is -0.169. The summed E-state index contributed by atoms with van der Waals surface area (Å²) in [6.07, 6.45) is 4.72. The monoisotopic (exact) mass is 984 g/mol. The lowest BCUT2D eigenvalue weighted by Gasteiger charge is -2.51. The number of nitrogens with zero attached hydrogens (tertiary/aromatic N) is 3. The summed E-state index contributed by atoms with van der Waals surface area (Å²) in [5.41, 5.74) is 20.7. The molecule has 1 aliphatic carbocycles. The van der Waals surface area contributed by atoms with Gasteiger partial charge in [-0.3, -0.25) is 0 Å². The molecule has 1 saturated carbocycles. The first kappa shape index (κ1) is 45.8. The standard InChI is InChI=1S/C68H66BN3OS/c1-64(2,3)41-25-30-53-50(35-41)67(10)33-16-17-34-68(67,11)72(53)45-38-57-62-58(39-45)71(56-22-18-21-49-46-19-12-14-23-59(46)73-63(49)56)55-32-27-43(66(7,8)9)37-52(55)69(62)51-36-42(65(4,5)6)26-31-54(51)70(57)44-28-29-48-47-20-13-15-24-60(47)74-61(48)40-44/h12-15,18-32,35-40H,16-17,33-34H2,1-11H3. The Morgan fingerprint density at radius 3 is 1.76 bits per heavy atom. The van der Waals surface area contributed by atoms with Crippen molar-refractivity contribution in [2.24, 2.45) is 0 Å². The van der Waals surface area contributed by atoms with E-state index >= 15 is 0 Å². The highest BCUT2D eigenvalue weighted by Gasteiger charge is 2.58. The number of thiophene rings is 1. The molecule has 1 fully saturated rings. The van der Waals surface area contributed by atoms with Crippen LogP contribution in [-0.2, 0) is 21.7 Å². The smallest absolute Gasteiger partial charge is 0.252 e. The minimum absolute atomic E-state index is 0.0313. The van der Waals surface area contributed by atoms with Crippen LogP contribution >= 0.6 is 11.3 Å². The van der Waals surface area contributed by atoms with Crippen molar-refractivity contribution in [2.45, 2.75) is 129 Å². The fraction of sp³-hybridized carbons (Fsp3) is 0.294. The first-order valence-electron chi connectivity index (χ1n) is 27.2. The van der Waals surface area contributed by atoms with Gasteiger partial charge in [-0.05, 0) is 135 Å². The van der Waals surface area contributed by atoms with Gasteiger partial charge in [-0.2, -0.15) is 0 Å². The zero-order valence-corrected chi connectivity index (χ0v) is 45.8. The molecule has 2 unspecified atom stereocenters. The highest BCUT2D eigenvalue weighted by molar-refractivity contribution is 7.25. The molecule has 0 bridgehead atoms. The third-order valence-corrected chi connectivity index (χ3v) is 19.4. The SMILES string of the molecule is CC(C)(C)c1ccc2c(c1)B1c3cc(C(C)(C)C)ccc3N(c3cccc4c3oc3ccccc34)c3cc(N4c5ccc(C(C)(C)C)cc5C5(C)CCCCC45C)cc(c31)N2c1ccc2c(c1)sc1ccccc12. The third-order valence-electron chi connectivity index (χ3n) is 18.3. The van der Waals surface area contributed by atoms with Crippen LogP contribution in [-0.4, -0.2) is 12.3 Å². The Bertz CT molecular complexity index is 4010. The summed E-state index contributed by atoms with van der Waals surface area (Å²) in [6, 6.07) is 58.9. The number of anilines is 8. The Kier molecular flexibility index (Phi) is 9.55. The van der Waals surface area contributed by atoms with E-state index in [2.05, 4.69) is 243 Å². The number of hydrogen-bond acceptors (Lipinski definition) is 5. The Morgan fingerprint density at radius 2 is 1.05 bits per heavy atom. The van der Waals surface area contributed by atoms with Gasteiger partial charge < -0.3 is 19.1 Å². The summed E-state index contributed by atoms with van der Waals surface area (Å²) >= 11 is 1.90. The lowest BCUT2D eigenvalue weighted by Crippen LogP contribution is -2.62. The van der Waals surface area contributed by atoms with Gasteiger partial charge in [0, 0.05) is 76.2 Å². The summed E-state index contributed by atoms with van der Waals surface area (Å²) in [5.74, 6) is 0. The van der Waals surface area contributed by atoms with E-state index in [0.717, 1.165) is 40.5 Å². The maximum atomic E-state index is 7.06. The van der Waals surface area contributed by atoms with E-state index in [4.69, 9.17) is 4.42 Å². The number of furan rings is 1. The molecule has 10 aromatic rings. The molecule has 5 heterocycles. The molecule has 2 aromatic heterocycles. The Labute approximate surface area is 441 Å². The molecular weight excluding hydrogens is 918 g/mol. The van der Waals surface area contributed by atoms with Crippen LogP contribution in [0.1, 0.15) is 124 Å². The van der Waals surface area contributed by atoms with Crippen LogP contribution in [0.3, 0.4) is 0 Å². The Balaban J connectivity index is 1.13. The van der Waals surface area contributed by atoms with Gasteiger partial charge in [0.25, 0.3) is 6.71 Å². The molecule has 3 aliphatic heterocycles. The first-order chi connectivity index (χ1) is 35.3. The lowest BCUT2D eigenvalue weighted by molar-refractivity contribution is 0.195. The quantitative estimate of drug-likeness (QED) is 0.165. The largest absolute Gasteiger partial charge is 0.454 e. The second kappa shape index (κ2) is 15.4. The molecule has 4 nitrogen and oxygen atoms in total. The molecule has 6 heteroatoms. The van der Waals surface area contributed by atoms with Crippen LogP contribution in [0.2, 0.25) is 0 Å². The van der Waals surface area contributed by atoms with Crippen molar-refractivity contribution in [1.29, 1.82) is 0 Å². The molecule has 0 saturated heterocycles. The van der Waals surface area contributed by atoms with E-state index < -0.39 is 0 Å². The van der Waals surface area contributed by atoms with E-state index in [1.165, 1.54) is 111 Å². The normalized spacial score (nSPS) is 19.3. The molecule has 0 N–H and O–H groups in total. The van der Waals surface area contributed by atoms with Crippen molar-refractivity contribution in [3.63, 3.8) is 0 Å². The fourth-order valence-corrected chi connectivity index (χ4v) is 15.1. The Hall–Kier alpha value is -6.76. The average Bonchev–Trinajstić information content (AvgIpc) is 4.00. The van der Waals surface area contributed by atoms with Crippen LogP contribution in [0.5, 0.6) is 0 Å². The molecule has 368 valence electrons.